The standard InChI is InChI=1S/C24H26N2O3S/c1-18-10-15-23(16-19(18)2)26(30(4,28)29)17-20-11-13-21(14-12-20)24(27)25(3)22-8-6-5-7-9-22/h5-16H,17H2,1-4H3. The molecular weight excluding hydrogens is 396 g/mol. The Morgan fingerprint density at radius 1 is 0.833 bits per heavy atom. The summed E-state index contributed by atoms with van der Waals surface area (Å²) in [5.41, 5.74) is 4.93. The topological polar surface area (TPSA) is 57.7 Å². The SMILES string of the molecule is Cc1ccc(N(Cc2ccc(C(=O)N(C)c3ccccc3)cc2)S(C)(=O)=O)cc1C. The van der Waals surface area contributed by atoms with Crippen molar-refractivity contribution in [3.05, 3.63) is 95.1 Å². The van der Waals surface area contributed by atoms with Gasteiger partial charge in [0.15, 0.2) is 0 Å². The largest absolute Gasteiger partial charge is 0.311 e. The van der Waals surface area contributed by atoms with Crippen molar-refractivity contribution in [1.82, 2.24) is 0 Å². The van der Waals surface area contributed by atoms with E-state index in [9.17, 15) is 13.2 Å². The molecule has 6 heteroatoms. The number of nitrogens with zero attached hydrogens (tertiary/aromatic N) is 2. The van der Waals surface area contributed by atoms with Crippen molar-refractivity contribution < 1.29 is 13.2 Å². The van der Waals surface area contributed by atoms with E-state index in [1.165, 1.54) is 10.6 Å². The normalized spacial score (nSPS) is 11.2. The van der Waals surface area contributed by atoms with Crippen LogP contribution in [0.3, 0.4) is 0 Å². The summed E-state index contributed by atoms with van der Waals surface area (Å²) in [5.74, 6) is -0.123. The Hall–Kier alpha value is -3.12. The van der Waals surface area contributed by atoms with Crippen LogP contribution < -0.4 is 9.21 Å². The van der Waals surface area contributed by atoms with E-state index < -0.39 is 10.0 Å². The van der Waals surface area contributed by atoms with Gasteiger partial charge in [0.25, 0.3) is 5.91 Å². The van der Waals surface area contributed by atoms with Crippen LogP contribution in [0.1, 0.15) is 27.0 Å². The fourth-order valence-electron chi connectivity index (χ4n) is 3.16. The van der Waals surface area contributed by atoms with Crippen molar-refractivity contribution in [3.8, 4) is 0 Å². The Kier molecular flexibility index (Phi) is 6.27. The maximum Gasteiger partial charge on any atom is 0.258 e. The van der Waals surface area contributed by atoms with Crippen molar-refractivity contribution >= 4 is 27.3 Å². The van der Waals surface area contributed by atoms with E-state index in [-0.39, 0.29) is 12.5 Å². The average Bonchev–Trinajstić information content (AvgIpc) is 2.73. The first-order valence-corrected chi connectivity index (χ1v) is 11.5. The maximum absolute atomic E-state index is 12.7. The van der Waals surface area contributed by atoms with Crippen molar-refractivity contribution in [2.24, 2.45) is 0 Å². The number of benzene rings is 3. The lowest BCUT2D eigenvalue weighted by Gasteiger charge is -2.23. The van der Waals surface area contributed by atoms with E-state index >= 15 is 0 Å². The molecule has 0 aliphatic carbocycles. The smallest absolute Gasteiger partial charge is 0.258 e. The van der Waals surface area contributed by atoms with E-state index in [1.54, 1.807) is 36.2 Å². The third-order valence-corrected chi connectivity index (χ3v) is 6.29. The van der Waals surface area contributed by atoms with Gasteiger partial charge >= 0.3 is 0 Å². The second-order valence-electron chi connectivity index (χ2n) is 7.43. The van der Waals surface area contributed by atoms with Crippen LogP contribution in [0, 0.1) is 13.8 Å². The molecular formula is C24H26N2O3S. The lowest BCUT2D eigenvalue weighted by Crippen LogP contribution is -2.29. The summed E-state index contributed by atoms with van der Waals surface area (Å²) >= 11 is 0. The number of sulfonamides is 1. The number of amides is 1. The number of aryl methyl sites for hydroxylation is 2. The highest BCUT2D eigenvalue weighted by Gasteiger charge is 2.19. The van der Waals surface area contributed by atoms with E-state index in [0.717, 1.165) is 22.4 Å². The zero-order valence-corrected chi connectivity index (χ0v) is 18.5. The van der Waals surface area contributed by atoms with Crippen molar-refractivity contribution in [2.75, 3.05) is 22.5 Å². The van der Waals surface area contributed by atoms with Gasteiger partial charge in [-0.2, -0.15) is 0 Å². The molecule has 30 heavy (non-hydrogen) atoms. The van der Waals surface area contributed by atoms with E-state index in [2.05, 4.69) is 0 Å². The highest BCUT2D eigenvalue weighted by molar-refractivity contribution is 7.92. The number of para-hydroxylation sites is 1. The van der Waals surface area contributed by atoms with Crippen LogP contribution in [0.15, 0.2) is 72.8 Å². The van der Waals surface area contributed by atoms with Gasteiger partial charge in [-0.3, -0.25) is 9.10 Å². The minimum absolute atomic E-state index is 0.123. The molecule has 0 bridgehead atoms. The molecule has 0 heterocycles. The van der Waals surface area contributed by atoms with Crippen molar-refractivity contribution in [3.63, 3.8) is 0 Å². The first kappa shape index (κ1) is 21.6. The second kappa shape index (κ2) is 8.71. The summed E-state index contributed by atoms with van der Waals surface area (Å²) in [6.45, 7) is 4.15. The van der Waals surface area contributed by atoms with Crippen LogP contribution in [-0.4, -0.2) is 27.6 Å². The Morgan fingerprint density at radius 3 is 2.03 bits per heavy atom. The third kappa shape index (κ3) is 4.89. The third-order valence-electron chi connectivity index (χ3n) is 5.15. The molecule has 0 saturated carbocycles. The lowest BCUT2D eigenvalue weighted by molar-refractivity contribution is 0.0993. The van der Waals surface area contributed by atoms with Crippen LogP contribution >= 0.6 is 0 Å². The summed E-state index contributed by atoms with van der Waals surface area (Å²) in [6.07, 6.45) is 1.20. The van der Waals surface area contributed by atoms with Gasteiger partial charge in [0.05, 0.1) is 18.5 Å². The van der Waals surface area contributed by atoms with Crippen LogP contribution in [0.4, 0.5) is 11.4 Å². The molecule has 0 spiro atoms. The number of carbonyl (C=O) groups excluding carboxylic acids is 1. The highest BCUT2D eigenvalue weighted by Crippen LogP contribution is 2.24. The first-order valence-electron chi connectivity index (χ1n) is 9.64. The minimum Gasteiger partial charge on any atom is -0.311 e. The van der Waals surface area contributed by atoms with Crippen LogP contribution in [-0.2, 0) is 16.6 Å². The molecule has 0 saturated heterocycles. The van der Waals surface area contributed by atoms with Gasteiger partial charge < -0.3 is 4.90 Å². The number of carbonyl (C=O) groups is 1. The number of rotatable bonds is 6. The molecule has 0 atom stereocenters. The quantitative estimate of drug-likeness (QED) is 0.586. The molecule has 0 unspecified atom stereocenters. The molecule has 0 aliphatic rings. The van der Waals surface area contributed by atoms with Crippen LogP contribution in [0.25, 0.3) is 0 Å². The molecule has 0 aromatic heterocycles. The predicted octanol–water partition coefficient (Wildman–Crippen LogP) is 4.55. The van der Waals surface area contributed by atoms with E-state index in [0.29, 0.717) is 11.3 Å². The fourth-order valence-corrected chi connectivity index (χ4v) is 4.04. The number of anilines is 2. The maximum atomic E-state index is 12.7. The van der Waals surface area contributed by atoms with Crippen LogP contribution in [0.2, 0.25) is 0 Å². The molecule has 0 fully saturated rings. The Labute approximate surface area is 178 Å². The highest BCUT2D eigenvalue weighted by atomic mass is 32.2. The summed E-state index contributed by atoms with van der Waals surface area (Å²) in [7, 11) is -1.73. The van der Waals surface area contributed by atoms with Crippen molar-refractivity contribution in [2.45, 2.75) is 20.4 Å². The van der Waals surface area contributed by atoms with Gasteiger partial charge in [-0.1, -0.05) is 36.4 Å². The molecule has 0 N–H and O–H groups in total. The van der Waals surface area contributed by atoms with E-state index in [4.69, 9.17) is 0 Å². The molecule has 0 aliphatic heterocycles. The molecule has 0 radical (unpaired) electrons. The Morgan fingerprint density at radius 2 is 1.47 bits per heavy atom. The van der Waals surface area contributed by atoms with E-state index in [1.807, 2.05) is 62.4 Å². The van der Waals surface area contributed by atoms with Gasteiger partial charge in [-0.25, -0.2) is 8.42 Å². The second-order valence-corrected chi connectivity index (χ2v) is 9.34. The monoisotopic (exact) mass is 422 g/mol. The van der Waals surface area contributed by atoms with Crippen LogP contribution in [0.5, 0.6) is 0 Å². The Balaban J connectivity index is 1.82. The molecule has 3 rings (SSSR count). The Bertz CT molecular complexity index is 1140. The minimum atomic E-state index is -3.46. The summed E-state index contributed by atoms with van der Waals surface area (Å²) < 4.78 is 26.2. The molecule has 3 aromatic rings. The molecule has 1 amide bonds. The zero-order valence-electron chi connectivity index (χ0n) is 17.7. The van der Waals surface area contributed by atoms with Gasteiger partial charge in [0.1, 0.15) is 0 Å². The van der Waals surface area contributed by atoms with Gasteiger partial charge in [-0.15, -0.1) is 0 Å². The predicted molar refractivity (Wildman–Crippen MR) is 123 cm³/mol. The van der Waals surface area contributed by atoms with Gasteiger partial charge in [0.2, 0.25) is 10.0 Å². The number of hydrogen-bond donors (Lipinski definition) is 0. The molecule has 5 nitrogen and oxygen atoms in total. The van der Waals surface area contributed by atoms with Crippen molar-refractivity contribution in [1.29, 1.82) is 0 Å². The fraction of sp³-hybridized carbons (Fsp3) is 0.208. The molecule has 3 aromatic carbocycles. The zero-order chi connectivity index (χ0) is 21.9. The summed E-state index contributed by atoms with van der Waals surface area (Å²) in [5, 5.41) is 0. The summed E-state index contributed by atoms with van der Waals surface area (Å²) in [6, 6.07) is 22.1. The lowest BCUT2D eigenvalue weighted by atomic mass is 10.1. The summed E-state index contributed by atoms with van der Waals surface area (Å²) in [4.78, 5) is 14.3. The van der Waals surface area contributed by atoms with Gasteiger partial charge in [0, 0.05) is 18.3 Å². The van der Waals surface area contributed by atoms with Gasteiger partial charge in [-0.05, 0) is 66.9 Å². The number of hydrogen-bond acceptors (Lipinski definition) is 3. The molecule has 156 valence electrons. The average molecular weight is 423 g/mol. The first-order chi connectivity index (χ1) is 14.2.